The Kier molecular flexibility index (Phi) is 8.05. The summed E-state index contributed by atoms with van der Waals surface area (Å²) in [5, 5.41) is 2.62. The van der Waals surface area contributed by atoms with E-state index < -0.39 is 23.9 Å². The highest BCUT2D eigenvalue weighted by Crippen LogP contribution is 2.22. The van der Waals surface area contributed by atoms with Gasteiger partial charge in [-0.2, -0.15) is 0 Å². The molecule has 1 aromatic rings. The molecule has 1 atom stereocenters. The summed E-state index contributed by atoms with van der Waals surface area (Å²) in [4.78, 5) is 37.7. The lowest BCUT2D eigenvalue weighted by molar-refractivity contribution is 0.0496. The zero-order valence-electron chi connectivity index (χ0n) is 17.8. The van der Waals surface area contributed by atoms with Crippen LogP contribution in [0.1, 0.15) is 70.2 Å². The van der Waals surface area contributed by atoms with Gasteiger partial charge in [0.05, 0.1) is 13.1 Å². The molecule has 7 nitrogen and oxygen atoms in total. The van der Waals surface area contributed by atoms with Gasteiger partial charge in [0, 0.05) is 17.7 Å². The van der Waals surface area contributed by atoms with Gasteiger partial charge in [0.1, 0.15) is 11.7 Å². The molecule has 0 spiro atoms. The number of anilines is 1. The predicted octanol–water partition coefficient (Wildman–Crippen LogP) is 4.69. The normalized spacial score (nSPS) is 16.5. The number of amides is 2. The third kappa shape index (κ3) is 7.40. The molecule has 1 N–H and O–H groups in total. The van der Waals surface area contributed by atoms with Gasteiger partial charge in [0.25, 0.3) is 0 Å². The zero-order chi connectivity index (χ0) is 21.4. The number of ether oxygens (including phenoxy) is 2. The minimum Gasteiger partial charge on any atom is -0.444 e. The Balaban J connectivity index is 1.85. The Morgan fingerprint density at radius 3 is 2.48 bits per heavy atom. The summed E-state index contributed by atoms with van der Waals surface area (Å²) in [5.41, 5.74) is 0.732. The number of hydrogen-bond acceptors (Lipinski definition) is 5. The summed E-state index contributed by atoms with van der Waals surface area (Å²) >= 11 is 0. The van der Waals surface area contributed by atoms with Crippen LogP contribution in [0.4, 0.5) is 15.3 Å². The van der Waals surface area contributed by atoms with E-state index in [0.717, 1.165) is 25.7 Å². The number of benzene rings is 1. The average molecular weight is 405 g/mol. The van der Waals surface area contributed by atoms with E-state index >= 15 is 0 Å². The van der Waals surface area contributed by atoms with Gasteiger partial charge in [0.15, 0.2) is 5.78 Å². The van der Waals surface area contributed by atoms with Crippen molar-refractivity contribution >= 4 is 23.7 Å². The molecule has 1 heterocycles. The molecule has 1 unspecified atom stereocenters. The summed E-state index contributed by atoms with van der Waals surface area (Å²) in [6.07, 6.45) is 3.32. The Bertz CT molecular complexity index is 709. The van der Waals surface area contributed by atoms with E-state index in [1.54, 1.807) is 45.0 Å². The molecule has 1 aliphatic heterocycles. The largest absolute Gasteiger partial charge is 0.444 e. The fraction of sp³-hybridized carbons (Fsp3) is 0.591. The molecule has 1 aliphatic rings. The van der Waals surface area contributed by atoms with Crippen LogP contribution >= 0.6 is 0 Å². The second kappa shape index (κ2) is 10.3. The number of hydrogen-bond donors (Lipinski definition) is 1. The van der Waals surface area contributed by atoms with Crippen molar-refractivity contribution in [3.05, 3.63) is 29.8 Å². The topological polar surface area (TPSA) is 84.9 Å². The number of carbonyl (C=O) groups excluding carboxylic acids is 3. The Labute approximate surface area is 172 Å². The summed E-state index contributed by atoms with van der Waals surface area (Å²) < 4.78 is 10.5. The number of nitrogens with zero attached hydrogens (tertiary/aromatic N) is 1. The number of unbranched alkanes of at least 4 members (excludes halogenated alkanes) is 3. The van der Waals surface area contributed by atoms with E-state index in [1.165, 1.54) is 4.90 Å². The van der Waals surface area contributed by atoms with E-state index in [4.69, 9.17) is 9.47 Å². The molecule has 29 heavy (non-hydrogen) atoms. The second-order valence-electron chi connectivity index (χ2n) is 8.28. The highest BCUT2D eigenvalue weighted by atomic mass is 16.6. The van der Waals surface area contributed by atoms with Gasteiger partial charge in [-0.05, 0) is 51.5 Å². The van der Waals surface area contributed by atoms with Crippen LogP contribution in [0.25, 0.3) is 0 Å². The monoisotopic (exact) mass is 404 g/mol. The van der Waals surface area contributed by atoms with Gasteiger partial charge < -0.3 is 14.8 Å². The van der Waals surface area contributed by atoms with Crippen LogP contribution < -0.4 is 10.2 Å². The Morgan fingerprint density at radius 1 is 1.17 bits per heavy atom. The fourth-order valence-corrected chi connectivity index (χ4v) is 3.03. The lowest BCUT2D eigenvalue weighted by Crippen LogP contribution is -2.38. The van der Waals surface area contributed by atoms with Gasteiger partial charge in [-0.15, -0.1) is 0 Å². The average Bonchev–Trinajstić information content (AvgIpc) is 3.03. The Morgan fingerprint density at radius 2 is 1.86 bits per heavy atom. The van der Waals surface area contributed by atoms with Crippen molar-refractivity contribution in [1.29, 1.82) is 0 Å². The maximum atomic E-state index is 12.2. The first-order valence-corrected chi connectivity index (χ1v) is 10.3. The minimum absolute atomic E-state index is 0.121. The molecular formula is C22H32N2O5. The molecule has 0 aliphatic carbocycles. The van der Waals surface area contributed by atoms with Crippen LogP contribution in [0, 0.1) is 0 Å². The molecule has 2 amide bonds. The van der Waals surface area contributed by atoms with E-state index in [2.05, 4.69) is 12.2 Å². The standard InChI is InChI=1S/C22H32N2O5/c1-5-6-7-8-9-19(25)16-10-12-17(13-11-16)24-15-18(28-21(24)27)14-23-20(26)29-22(2,3)4/h10-13,18H,5-9,14-15H2,1-4H3,(H,23,26). The molecule has 1 fully saturated rings. The molecule has 7 heteroatoms. The molecule has 0 aromatic heterocycles. The number of ketones is 1. The number of alkyl carbamates (subject to hydrolysis) is 1. The van der Waals surface area contributed by atoms with Crippen LogP contribution in [0.5, 0.6) is 0 Å². The van der Waals surface area contributed by atoms with Crippen molar-refractivity contribution in [3.63, 3.8) is 0 Å². The van der Waals surface area contributed by atoms with Crippen molar-refractivity contribution in [2.24, 2.45) is 0 Å². The summed E-state index contributed by atoms with van der Waals surface area (Å²) in [6.45, 7) is 7.98. The van der Waals surface area contributed by atoms with Gasteiger partial charge in [0.2, 0.25) is 0 Å². The highest BCUT2D eigenvalue weighted by molar-refractivity contribution is 5.97. The first kappa shape index (κ1) is 22.7. The first-order valence-electron chi connectivity index (χ1n) is 10.3. The van der Waals surface area contributed by atoms with Crippen LogP contribution in [0.15, 0.2) is 24.3 Å². The summed E-state index contributed by atoms with van der Waals surface area (Å²) in [6, 6.07) is 7.00. The molecular weight excluding hydrogens is 372 g/mol. The molecule has 0 radical (unpaired) electrons. The molecule has 2 rings (SSSR count). The summed E-state index contributed by atoms with van der Waals surface area (Å²) in [7, 11) is 0. The number of cyclic esters (lactones) is 1. The van der Waals surface area contributed by atoms with Crippen molar-refractivity contribution < 1.29 is 23.9 Å². The van der Waals surface area contributed by atoms with Gasteiger partial charge in [-0.25, -0.2) is 9.59 Å². The lowest BCUT2D eigenvalue weighted by Gasteiger charge is -2.20. The number of rotatable bonds is 9. The molecule has 0 bridgehead atoms. The van der Waals surface area contributed by atoms with Crippen LogP contribution in [0.3, 0.4) is 0 Å². The molecule has 1 saturated heterocycles. The Hall–Kier alpha value is -2.57. The second-order valence-corrected chi connectivity index (χ2v) is 8.28. The van der Waals surface area contributed by atoms with Gasteiger partial charge in [-0.1, -0.05) is 26.2 Å². The molecule has 160 valence electrons. The predicted molar refractivity (Wildman–Crippen MR) is 111 cm³/mol. The van der Waals surface area contributed by atoms with Crippen LogP contribution in [0.2, 0.25) is 0 Å². The van der Waals surface area contributed by atoms with Crippen LogP contribution in [-0.2, 0) is 9.47 Å². The van der Waals surface area contributed by atoms with Gasteiger partial charge in [-0.3, -0.25) is 9.69 Å². The highest BCUT2D eigenvalue weighted by Gasteiger charge is 2.33. The van der Waals surface area contributed by atoms with Crippen molar-refractivity contribution in [3.8, 4) is 0 Å². The third-order valence-electron chi connectivity index (χ3n) is 4.51. The smallest absolute Gasteiger partial charge is 0.414 e. The van der Waals surface area contributed by atoms with Gasteiger partial charge >= 0.3 is 12.2 Å². The maximum Gasteiger partial charge on any atom is 0.414 e. The van der Waals surface area contributed by atoms with E-state index in [0.29, 0.717) is 24.2 Å². The zero-order valence-corrected chi connectivity index (χ0v) is 17.8. The fourth-order valence-electron chi connectivity index (χ4n) is 3.03. The SMILES string of the molecule is CCCCCCC(=O)c1ccc(N2CC(CNC(=O)OC(C)(C)C)OC2=O)cc1. The van der Waals surface area contributed by atoms with E-state index in [9.17, 15) is 14.4 Å². The minimum atomic E-state index is -0.586. The number of carbonyl (C=O) groups is 3. The molecule has 0 saturated carbocycles. The maximum absolute atomic E-state index is 12.2. The van der Waals surface area contributed by atoms with E-state index in [1.807, 2.05) is 0 Å². The third-order valence-corrected chi connectivity index (χ3v) is 4.51. The quantitative estimate of drug-likeness (QED) is 0.477. The van der Waals surface area contributed by atoms with Crippen molar-refractivity contribution in [2.45, 2.75) is 71.5 Å². The van der Waals surface area contributed by atoms with Crippen molar-refractivity contribution in [1.82, 2.24) is 5.32 Å². The van der Waals surface area contributed by atoms with E-state index in [-0.39, 0.29) is 12.3 Å². The van der Waals surface area contributed by atoms with Crippen molar-refractivity contribution in [2.75, 3.05) is 18.0 Å². The summed E-state index contributed by atoms with van der Waals surface area (Å²) in [5.74, 6) is 0.121. The number of nitrogens with one attached hydrogen (secondary N) is 1. The lowest BCUT2D eigenvalue weighted by atomic mass is 10.0. The number of Topliss-reactive ketones (excluding diaryl/α,β-unsaturated/α-hetero) is 1. The molecule has 1 aromatic carbocycles. The first-order chi connectivity index (χ1) is 13.7. The van der Waals surface area contributed by atoms with Crippen LogP contribution in [-0.4, -0.2) is 42.8 Å².